The first-order valence-electron chi connectivity index (χ1n) is 5.16. The Bertz CT molecular complexity index is 515. The number of nitrogens with two attached hydrogens (primary N) is 1. The van der Waals surface area contributed by atoms with E-state index in [4.69, 9.17) is 10.3 Å². The van der Waals surface area contributed by atoms with E-state index in [1.807, 2.05) is 18.2 Å². The lowest BCUT2D eigenvalue weighted by atomic mass is 10.2. The molecule has 0 bridgehead atoms. The number of hydrogen-bond donors (Lipinski definition) is 1. The quantitative estimate of drug-likeness (QED) is 0.877. The van der Waals surface area contributed by atoms with E-state index >= 15 is 0 Å². The van der Waals surface area contributed by atoms with Crippen LogP contribution in [-0.4, -0.2) is 15.9 Å². The fourth-order valence-electron chi connectivity index (χ4n) is 1.33. The van der Waals surface area contributed by atoms with E-state index in [0.29, 0.717) is 17.4 Å². The van der Waals surface area contributed by atoms with Crippen LogP contribution in [0.25, 0.3) is 11.5 Å². The Hall–Kier alpha value is -1.01. The molecule has 0 atom stereocenters. The molecule has 1 aromatic carbocycles. The number of hydrogen-bond acceptors (Lipinski definition) is 5. The van der Waals surface area contributed by atoms with Gasteiger partial charge in [-0.1, -0.05) is 28.0 Å². The molecular formula is C11H12BrN3OS. The highest BCUT2D eigenvalue weighted by atomic mass is 79.9. The summed E-state index contributed by atoms with van der Waals surface area (Å²) >= 11 is 5.14. The van der Waals surface area contributed by atoms with Crippen molar-refractivity contribution in [1.82, 2.24) is 10.1 Å². The summed E-state index contributed by atoms with van der Waals surface area (Å²) in [7, 11) is 0. The second kappa shape index (κ2) is 5.55. The summed E-state index contributed by atoms with van der Waals surface area (Å²) in [5, 5.41) is 3.92. The van der Waals surface area contributed by atoms with Gasteiger partial charge < -0.3 is 10.3 Å². The minimum absolute atomic E-state index is 0.468. The number of nitrogen functional groups attached to an aromatic ring is 1. The number of thioether (sulfide) groups is 1. The Morgan fingerprint density at radius 1 is 1.47 bits per heavy atom. The minimum Gasteiger partial charge on any atom is -0.398 e. The van der Waals surface area contributed by atoms with Gasteiger partial charge in [0.25, 0.3) is 5.89 Å². The molecule has 1 heterocycles. The Morgan fingerprint density at radius 3 is 3.06 bits per heavy atom. The minimum atomic E-state index is 0.468. The number of benzene rings is 1. The van der Waals surface area contributed by atoms with Crippen molar-refractivity contribution in [3.63, 3.8) is 0 Å². The molecule has 4 nitrogen and oxygen atoms in total. The van der Waals surface area contributed by atoms with Crippen molar-refractivity contribution >= 4 is 33.4 Å². The van der Waals surface area contributed by atoms with Crippen LogP contribution in [0.2, 0.25) is 0 Å². The van der Waals surface area contributed by atoms with Crippen molar-refractivity contribution in [1.29, 1.82) is 0 Å². The van der Waals surface area contributed by atoms with E-state index in [2.05, 4.69) is 33.0 Å². The number of halogens is 1. The van der Waals surface area contributed by atoms with E-state index in [1.54, 1.807) is 11.8 Å². The van der Waals surface area contributed by atoms with Gasteiger partial charge in [-0.05, 0) is 24.0 Å². The topological polar surface area (TPSA) is 64.9 Å². The number of aromatic nitrogens is 2. The van der Waals surface area contributed by atoms with Crippen LogP contribution in [-0.2, 0) is 5.75 Å². The summed E-state index contributed by atoms with van der Waals surface area (Å²) in [4.78, 5) is 4.32. The molecule has 0 aliphatic rings. The number of nitrogens with zero attached hydrogens (tertiary/aromatic N) is 2. The molecule has 0 unspecified atom stereocenters. The van der Waals surface area contributed by atoms with Crippen LogP contribution in [0.5, 0.6) is 0 Å². The van der Waals surface area contributed by atoms with Gasteiger partial charge in [-0.2, -0.15) is 16.7 Å². The van der Waals surface area contributed by atoms with Gasteiger partial charge >= 0.3 is 0 Å². The Kier molecular flexibility index (Phi) is 4.06. The van der Waals surface area contributed by atoms with Gasteiger partial charge in [-0.15, -0.1) is 0 Å². The monoisotopic (exact) mass is 313 g/mol. The molecule has 0 spiro atoms. The summed E-state index contributed by atoms with van der Waals surface area (Å²) in [6.07, 6.45) is 0. The maximum atomic E-state index is 5.88. The molecule has 0 saturated carbocycles. The Labute approximate surface area is 112 Å². The van der Waals surface area contributed by atoms with E-state index < -0.39 is 0 Å². The summed E-state index contributed by atoms with van der Waals surface area (Å²) in [6, 6.07) is 5.56. The molecule has 6 heteroatoms. The third-order valence-electron chi connectivity index (χ3n) is 2.15. The molecule has 0 aliphatic carbocycles. The fraction of sp³-hybridized carbons (Fsp3) is 0.273. The summed E-state index contributed by atoms with van der Waals surface area (Å²) in [5.74, 6) is 2.96. The second-order valence-electron chi connectivity index (χ2n) is 3.38. The molecule has 90 valence electrons. The molecule has 1 aromatic heterocycles. The van der Waals surface area contributed by atoms with Crippen LogP contribution >= 0.6 is 27.7 Å². The maximum Gasteiger partial charge on any atom is 0.260 e. The van der Waals surface area contributed by atoms with Crippen LogP contribution in [0.3, 0.4) is 0 Å². The molecule has 0 radical (unpaired) electrons. The standard InChI is InChI=1S/C11H12BrN3OS/c1-2-17-6-10-14-11(16-15-10)8-5-7(12)3-4-9(8)13/h3-5H,2,6,13H2,1H3. The van der Waals surface area contributed by atoms with E-state index in [9.17, 15) is 0 Å². The van der Waals surface area contributed by atoms with Gasteiger partial charge in [0.05, 0.1) is 11.3 Å². The van der Waals surface area contributed by atoms with Crippen LogP contribution in [0.4, 0.5) is 5.69 Å². The van der Waals surface area contributed by atoms with E-state index in [0.717, 1.165) is 21.5 Å². The molecule has 2 rings (SSSR count). The highest BCUT2D eigenvalue weighted by Crippen LogP contribution is 2.28. The van der Waals surface area contributed by atoms with Crippen molar-refractivity contribution in [2.24, 2.45) is 0 Å². The van der Waals surface area contributed by atoms with Gasteiger partial charge in [0.1, 0.15) is 0 Å². The average Bonchev–Trinajstić information content (AvgIpc) is 2.78. The van der Waals surface area contributed by atoms with Crippen molar-refractivity contribution in [2.75, 3.05) is 11.5 Å². The maximum absolute atomic E-state index is 5.88. The molecule has 0 saturated heterocycles. The Morgan fingerprint density at radius 2 is 2.29 bits per heavy atom. The first-order chi connectivity index (χ1) is 8.20. The predicted octanol–water partition coefficient (Wildman–Crippen LogP) is 3.33. The number of anilines is 1. The number of rotatable bonds is 4. The zero-order chi connectivity index (χ0) is 12.3. The lowest BCUT2D eigenvalue weighted by Crippen LogP contribution is -1.90. The molecule has 0 amide bonds. The van der Waals surface area contributed by atoms with Gasteiger partial charge in [-0.25, -0.2) is 0 Å². The summed E-state index contributed by atoms with van der Waals surface area (Å²) in [5.41, 5.74) is 7.27. The molecular weight excluding hydrogens is 302 g/mol. The lowest BCUT2D eigenvalue weighted by Gasteiger charge is -2.00. The van der Waals surface area contributed by atoms with Crippen LogP contribution in [0, 0.1) is 0 Å². The third kappa shape index (κ3) is 3.01. The van der Waals surface area contributed by atoms with Gasteiger partial charge in [-0.3, -0.25) is 0 Å². The summed E-state index contributed by atoms with van der Waals surface area (Å²) in [6.45, 7) is 2.10. The van der Waals surface area contributed by atoms with Crippen molar-refractivity contribution in [3.05, 3.63) is 28.5 Å². The Balaban J connectivity index is 2.27. The highest BCUT2D eigenvalue weighted by molar-refractivity contribution is 9.10. The zero-order valence-electron chi connectivity index (χ0n) is 9.31. The van der Waals surface area contributed by atoms with Crippen LogP contribution in [0.1, 0.15) is 12.7 Å². The van der Waals surface area contributed by atoms with Crippen LogP contribution < -0.4 is 5.73 Å². The van der Waals surface area contributed by atoms with Gasteiger partial charge in [0, 0.05) is 10.2 Å². The predicted molar refractivity (Wildman–Crippen MR) is 73.7 cm³/mol. The molecule has 17 heavy (non-hydrogen) atoms. The molecule has 2 N–H and O–H groups in total. The largest absolute Gasteiger partial charge is 0.398 e. The third-order valence-corrected chi connectivity index (χ3v) is 3.51. The SMILES string of the molecule is CCSCc1noc(-c2cc(Br)ccc2N)n1. The van der Waals surface area contributed by atoms with Crippen LogP contribution in [0.15, 0.2) is 27.2 Å². The van der Waals surface area contributed by atoms with E-state index in [1.165, 1.54) is 0 Å². The van der Waals surface area contributed by atoms with Gasteiger partial charge in [0.15, 0.2) is 5.82 Å². The first kappa shape index (κ1) is 12.4. The molecule has 2 aromatic rings. The van der Waals surface area contributed by atoms with Crippen molar-refractivity contribution in [3.8, 4) is 11.5 Å². The zero-order valence-corrected chi connectivity index (χ0v) is 11.7. The average molecular weight is 314 g/mol. The fourth-order valence-corrected chi connectivity index (χ4v) is 2.19. The molecule has 0 aliphatic heterocycles. The van der Waals surface area contributed by atoms with Crippen molar-refractivity contribution < 1.29 is 4.52 Å². The van der Waals surface area contributed by atoms with Crippen molar-refractivity contribution in [2.45, 2.75) is 12.7 Å². The lowest BCUT2D eigenvalue weighted by molar-refractivity contribution is 0.425. The van der Waals surface area contributed by atoms with Gasteiger partial charge in [0.2, 0.25) is 0 Å². The molecule has 0 fully saturated rings. The summed E-state index contributed by atoms with van der Waals surface area (Å²) < 4.78 is 6.14. The first-order valence-corrected chi connectivity index (χ1v) is 7.11. The normalized spacial score (nSPS) is 10.7. The smallest absolute Gasteiger partial charge is 0.260 e. The highest BCUT2D eigenvalue weighted by Gasteiger charge is 2.11. The van der Waals surface area contributed by atoms with E-state index in [-0.39, 0.29) is 0 Å². The second-order valence-corrected chi connectivity index (χ2v) is 5.57.